The van der Waals surface area contributed by atoms with Gasteiger partial charge >= 0.3 is 0 Å². The number of hydrogen-bond acceptors (Lipinski definition) is 6. The molecule has 2 aliphatic rings. The van der Waals surface area contributed by atoms with Crippen LogP contribution in [0.1, 0.15) is 45.5 Å². The number of hydrogen-bond donors (Lipinski definition) is 1. The van der Waals surface area contributed by atoms with Gasteiger partial charge in [0.25, 0.3) is 5.91 Å². The molecule has 0 unspecified atom stereocenters. The Kier molecular flexibility index (Phi) is 8.55. The van der Waals surface area contributed by atoms with Crippen LogP contribution < -0.4 is 9.80 Å². The maximum atomic E-state index is 14.5. The highest BCUT2D eigenvalue weighted by Crippen LogP contribution is 2.31. The summed E-state index contributed by atoms with van der Waals surface area (Å²) in [6.45, 7) is 7.78. The van der Waals surface area contributed by atoms with Gasteiger partial charge in [-0.2, -0.15) is 5.26 Å². The minimum absolute atomic E-state index is 0.00410. The maximum absolute atomic E-state index is 14.5. The Morgan fingerprint density at radius 1 is 0.952 bits per heavy atom. The molecule has 3 aromatic rings. The molecule has 7 nitrogen and oxygen atoms in total. The Morgan fingerprint density at radius 3 is 2.26 bits per heavy atom. The summed E-state index contributed by atoms with van der Waals surface area (Å²) >= 11 is 0. The fraction of sp³-hybridized carbons (Fsp3) is 0.394. The van der Waals surface area contributed by atoms with Crippen LogP contribution in [0.3, 0.4) is 0 Å². The smallest absolute Gasteiger partial charge is 0.254 e. The van der Waals surface area contributed by atoms with E-state index < -0.39 is 15.5 Å². The number of piperazine rings is 1. The van der Waals surface area contributed by atoms with Crippen molar-refractivity contribution >= 4 is 27.0 Å². The van der Waals surface area contributed by atoms with Crippen LogP contribution in [0.2, 0.25) is 0 Å². The van der Waals surface area contributed by atoms with E-state index in [-0.39, 0.29) is 10.8 Å². The predicted octanol–water partition coefficient (Wildman–Crippen LogP) is 5.77. The van der Waals surface area contributed by atoms with Gasteiger partial charge in [-0.15, -0.1) is 0 Å². The lowest BCUT2D eigenvalue weighted by molar-refractivity contribution is 0.0745. The summed E-state index contributed by atoms with van der Waals surface area (Å²) in [5.74, 6) is -0.126. The molecule has 1 N–H and O–H groups in total. The van der Waals surface area contributed by atoms with Gasteiger partial charge < -0.3 is 14.7 Å². The van der Waals surface area contributed by atoms with E-state index in [1.165, 1.54) is 23.4 Å². The van der Waals surface area contributed by atoms with Gasteiger partial charge in [-0.3, -0.25) is 4.79 Å². The van der Waals surface area contributed by atoms with Gasteiger partial charge in [0.1, 0.15) is 16.8 Å². The molecule has 2 saturated heterocycles. The number of para-hydroxylation sites is 1. The number of carbonyl (C=O) groups excluding carboxylic acids is 1. The quantitative estimate of drug-likeness (QED) is 0.395. The van der Waals surface area contributed by atoms with Crippen LogP contribution in [0.15, 0.2) is 59.5 Å². The Bertz CT molecular complexity index is 1630. The lowest BCUT2D eigenvalue weighted by atomic mass is 9.86. The first-order valence-electron chi connectivity index (χ1n) is 14.5. The van der Waals surface area contributed by atoms with Crippen molar-refractivity contribution in [3.05, 3.63) is 88.2 Å². The number of anilines is 2. The monoisotopic (exact) mass is 587 g/mol. The molecule has 1 amide bonds. The Balaban J connectivity index is 1.25. The summed E-state index contributed by atoms with van der Waals surface area (Å²) in [5, 5.41) is 9.49. The van der Waals surface area contributed by atoms with E-state index in [9.17, 15) is 18.7 Å². The molecule has 3 aromatic carbocycles. The second-order valence-electron chi connectivity index (χ2n) is 11.6. The summed E-state index contributed by atoms with van der Waals surface area (Å²) in [6.07, 6.45) is 4.22. The van der Waals surface area contributed by atoms with Gasteiger partial charge in [0, 0.05) is 51.1 Å². The van der Waals surface area contributed by atoms with E-state index in [0.717, 1.165) is 49.2 Å². The van der Waals surface area contributed by atoms with Gasteiger partial charge in [-0.05, 0) is 86.1 Å². The zero-order valence-electron chi connectivity index (χ0n) is 24.5. The van der Waals surface area contributed by atoms with Crippen molar-refractivity contribution in [3.63, 3.8) is 0 Å². The van der Waals surface area contributed by atoms with Crippen LogP contribution in [-0.2, 0) is 16.1 Å². The molecule has 0 bridgehead atoms. The SMILES string of the molecule is Cc1cc(C)c(C(=O)N2CCN(c3cccc(F)c3[S@@](C)(=N)=O)CC2)cc1CC1CCN(c2ccccc2C#N)CC1. The topological polar surface area (TPSA) is 91.5 Å². The fourth-order valence-electron chi connectivity index (χ4n) is 6.33. The standard InChI is InChI=1S/C33H38FN5O2S/c1-23-19-24(2)28(21-27(23)20-25-11-13-37(14-12-25)30-9-5-4-7-26(30)22-35)33(40)39-17-15-38(16-18-39)31-10-6-8-29(34)32(31)42(3,36)41/h4-10,19,21,25,36H,11-18,20H2,1-3H3/t42-/m0/s1. The molecule has 9 heteroatoms. The Morgan fingerprint density at radius 2 is 1.60 bits per heavy atom. The number of benzene rings is 3. The molecule has 0 aromatic heterocycles. The Labute approximate surface area is 248 Å². The summed E-state index contributed by atoms with van der Waals surface area (Å²) in [7, 11) is -3.25. The summed E-state index contributed by atoms with van der Waals surface area (Å²) < 4.78 is 35.0. The molecule has 2 fully saturated rings. The highest BCUT2D eigenvalue weighted by Gasteiger charge is 2.28. The second-order valence-corrected chi connectivity index (χ2v) is 13.7. The number of aryl methyl sites for hydroxylation is 2. The number of halogens is 1. The molecule has 2 heterocycles. The van der Waals surface area contributed by atoms with Gasteiger partial charge in [0.2, 0.25) is 0 Å². The molecular formula is C33H38FN5O2S. The largest absolute Gasteiger partial charge is 0.370 e. The van der Waals surface area contributed by atoms with Crippen molar-refractivity contribution in [1.29, 1.82) is 10.0 Å². The third kappa shape index (κ3) is 6.14. The number of nitriles is 1. The number of nitrogens with zero attached hydrogens (tertiary/aromatic N) is 4. The van der Waals surface area contributed by atoms with Crippen molar-refractivity contribution in [3.8, 4) is 6.07 Å². The van der Waals surface area contributed by atoms with Gasteiger partial charge in [-0.25, -0.2) is 13.4 Å². The molecule has 0 aliphatic carbocycles. The number of nitrogens with one attached hydrogen (secondary N) is 1. The van der Waals surface area contributed by atoms with Crippen LogP contribution >= 0.6 is 0 Å². The van der Waals surface area contributed by atoms with Gasteiger partial charge in [0.15, 0.2) is 0 Å². The molecule has 0 saturated carbocycles. The third-order valence-electron chi connectivity index (χ3n) is 8.64. The van der Waals surface area contributed by atoms with Crippen LogP contribution in [0.4, 0.5) is 15.8 Å². The van der Waals surface area contributed by atoms with Gasteiger partial charge in [0.05, 0.1) is 26.7 Å². The highest BCUT2D eigenvalue weighted by atomic mass is 32.2. The van der Waals surface area contributed by atoms with E-state index in [4.69, 9.17) is 4.78 Å². The van der Waals surface area contributed by atoms with Crippen LogP contribution in [-0.4, -0.2) is 60.5 Å². The minimum Gasteiger partial charge on any atom is -0.370 e. The molecule has 2 aliphatic heterocycles. The average molecular weight is 588 g/mol. The Hall–Kier alpha value is -3.90. The van der Waals surface area contributed by atoms with Crippen molar-refractivity contribution < 1.29 is 13.4 Å². The van der Waals surface area contributed by atoms with E-state index in [1.54, 1.807) is 12.1 Å². The van der Waals surface area contributed by atoms with Crippen molar-refractivity contribution in [2.24, 2.45) is 5.92 Å². The summed E-state index contributed by atoms with van der Waals surface area (Å²) in [6, 6.07) is 18.8. The normalized spacial score (nSPS) is 17.5. The molecule has 42 heavy (non-hydrogen) atoms. The lowest BCUT2D eigenvalue weighted by Crippen LogP contribution is -2.49. The zero-order valence-corrected chi connectivity index (χ0v) is 25.3. The highest BCUT2D eigenvalue weighted by molar-refractivity contribution is 7.91. The van der Waals surface area contributed by atoms with Crippen molar-refractivity contribution in [2.75, 3.05) is 55.3 Å². The van der Waals surface area contributed by atoms with E-state index in [2.05, 4.69) is 30.0 Å². The van der Waals surface area contributed by atoms with E-state index in [1.807, 2.05) is 41.0 Å². The minimum atomic E-state index is -3.25. The third-order valence-corrected chi connectivity index (χ3v) is 9.83. The van der Waals surface area contributed by atoms with E-state index >= 15 is 0 Å². The first-order valence-corrected chi connectivity index (χ1v) is 16.4. The van der Waals surface area contributed by atoms with E-state index in [0.29, 0.717) is 43.3 Å². The number of amides is 1. The molecule has 1 atom stereocenters. The number of rotatable bonds is 6. The second kappa shape index (κ2) is 12.1. The van der Waals surface area contributed by atoms with Crippen LogP contribution in [0, 0.1) is 41.7 Å². The average Bonchev–Trinajstić information content (AvgIpc) is 2.98. The zero-order chi connectivity index (χ0) is 30.0. The molecule has 220 valence electrons. The van der Waals surface area contributed by atoms with Crippen LogP contribution in [0.25, 0.3) is 0 Å². The molecule has 0 radical (unpaired) electrons. The first-order chi connectivity index (χ1) is 20.1. The van der Waals surface area contributed by atoms with Crippen molar-refractivity contribution in [1.82, 2.24) is 4.90 Å². The summed E-state index contributed by atoms with van der Waals surface area (Å²) in [4.78, 5) is 19.7. The fourth-order valence-corrected chi connectivity index (χ4v) is 7.37. The first kappa shape index (κ1) is 29.6. The van der Waals surface area contributed by atoms with Crippen LogP contribution in [0.5, 0.6) is 0 Å². The summed E-state index contributed by atoms with van der Waals surface area (Å²) in [5.41, 5.74) is 6.28. The van der Waals surface area contributed by atoms with Gasteiger partial charge in [-0.1, -0.05) is 24.3 Å². The molecule has 5 rings (SSSR count). The predicted molar refractivity (Wildman–Crippen MR) is 165 cm³/mol. The number of carbonyl (C=O) groups is 1. The lowest BCUT2D eigenvalue weighted by Gasteiger charge is -2.37. The molecular weight excluding hydrogens is 549 g/mol. The maximum Gasteiger partial charge on any atom is 0.254 e. The molecule has 0 spiro atoms. The number of piperidine rings is 1. The van der Waals surface area contributed by atoms with Crippen molar-refractivity contribution in [2.45, 2.75) is 38.0 Å².